The molecule has 0 fully saturated rings. The molecule has 0 saturated heterocycles. The first-order valence-electron chi connectivity index (χ1n) is 5.90. The van der Waals surface area contributed by atoms with Crippen LogP contribution in [0.5, 0.6) is 11.5 Å². The Kier molecular flexibility index (Phi) is 6.89. The van der Waals surface area contributed by atoms with E-state index >= 15 is 0 Å². The van der Waals surface area contributed by atoms with Crippen molar-refractivity contribution >= 4 is 11.8 Å². The molecule has 0 unspecified atom stereocenters. The lowest BCUT2D eigenvalue weighted by Gasteiger charge is -2.15. The van der Waals surface area contributed by atoms with Crippen LogP contribution >= 0.6 is 11.8 Å². The maximum atomic E-state index is 5.81. The van der Waals surface area contributed by atoms with Crippen LogP contribution in [-0.2, 0) is 6.42 Å². The Balaban J connectivity index is 2.83. The number of rotatable bonds is 8. The highest BCUT2D eigenvalue weighted by molar-refractivity contribution is 7.98. The summed E-state index contributed by atoms with van der Waals surface area (Å²) in [5.74, 6) is 2.65. The van der Waals surface area contributed by atoms with Gasteiger partial charge in [0.25, 0.3) is 0 Å². The monoisotopic (exact) mass is 255 g/mol. The van der Waals surface area contributed by atoms with Gasteiger partial charge in [-0.2, -0.15) is 11.8 Å². The average molecular weight is 255 g/mol. The Morgan fingerprint density at radius 2 is 2.12 bits per heavy atom. The molecule has 2 N–H and O–H groups in total. The second-order valence-corrected chi connectivity index (χ2v) is 4.54. The first-order chi connectivity index (χ1) is 8.33. The minimum Gasteiger partial charge on any atom is -0.490 e. The van der Waals surface area contributed by atoms with E-state index in [2.05, 4.69) is 6.26 Å². The zero-order valence-electron chi connectivity index (χ0n) is 10.6. The maximum absolute atomic E-state index is 5.81. The summed E-state index contributed by atoms with van der Waals surface area (Å²) in [7, 11) is 0. The number of ether oxygens (including phenoxy) is 2. The van der Waals surface area contributed by atoms with Gasteiger partial charge < -0.3 is 15.2 Å². The molecule has 0 aliphatic carbocycles. The average Bonchev–Trinajstić information content (AvgIpc) is 2.33. The molecule has 1 aromatic rings. The molecule has 96 valence electrons. The van der Waals surface area contributed by atoms with Crippen LogP contribution in [0, 0.1) is 0 Å². The minimum atomic E-state index is 0.620. The van der Waals surface area contributed by atoms with Crippen LogP contribution in [0.1, 0.15) is 12.5 Å². The van der Waals surface area contributed by atoms with Crippen LogP contribution in [0.4, 0.5) is 0 Å². The lowest BCUT2D eigenvalue weighted by atomic mass is 10.1. The van der Waals surface area contributed by atoms with Crippen LogP contribution in [-0.4, -0.2) is 31.8 Å². The molecule has 0 bridgehead atoms. The van der Waals surface area contributed by atoms with Gasteiger partial charge >= 0.3 is 0 Å². The van der Waals surface area contributed by atoms with Crippen LogP contribution in [0.25, 0.3) is 0 Å². The molecule has 0 heterocycles. The van der Waals surface area contributed by atoms with Crippen molar-refractivity contribution in [1.29, 1.82) is 0 Å². The van der Waals surface area contributed by atoms with Crippen LogP contribution in [0.15, 0.2) is 18.2 Å². The third kappa shape index (κ3) is 4.48. The van der Waals surface area contributed by atoms with Gasteiger partial charge in [-0.25, -0.2) is 0 Å². The van der Waals surface area contributed by atoms with Crippen molar-refractivity contribution in [3.8, 4) is 11.5 Å². The molecule has 3 nitrogen and oxygen atoms in total. The summed E-state index contributed by atoms with van der Waals surface area (Å²) in [5, 5.41) is 0. The number of nitrogens with two attached hydrogens (primary N) is 1. The summed E-state index contributed by atoms with van der Waals surface area (Å²) in [6.07, 6.45) is 2.88. The lowest BCUT2D eigenvalue weighted by Crippen LogP contribution is -2.08. The molecule has 0 aliphatic rings. The van der Waals surface area contributed by atoms with Gasteiger partial charge in [0.1, 0.15) is 0 Å². The Hall–Kier alpha value is -0.870. The SMILES string of the molecule is CCOc1cccc(CCN)c1OCCSC. The summed E-state index contributed by atoms with van der Waals surface area (Å²) in [4.78, 5) is 0. The molecule has 0 saturated carbocycles. The zero-order valence-corrected chi connectivity index (χ0v) is 11.4. The molecular weight excluding hydrogens is 234 g/mol. The van der Waals surface area contributed by atoms with E-state index in [1.54, 1.807) is 11.8 Å². The molecule has 0 spiro atoms. The van der Waals surface area contributed by atoms with E-state index < -0.39 is 0 Å². The van der Waals surface area contributed by atoms with Crippen molar-refractivity contribution in [3.05, 3.63) is 23.8 Å². The molecule has 0 atom stereocenters. The molecule has 0 amide bonds. The van der Waals surface area contributed by atoms with Gasteiger partial charge in [0.15, 0.2) is 11.5 Å². The standard InChI is InChI=1S/C13H21NO2S/c1-3-15-12-6-4-5-11(7-8-14)13(12)16-9-10-17-2/h4-6H,3,7-10,14H2,1-2H3. The number of hydrogen-bond acceptors (Lipinski definition) is 4. The van der Waals surface area contributed by atoms with Gasteiger partial charge in [0, 0.05) is 5.75 Å². The van der Waals surface area contributed by atoms with Crippen LogP contribution in [0.3, 0.4) is 0 Å². The van der Waals surface area contributed by atoms with E-state index in [1.807, 2.05) is 25.1 Å². The first kappa shape index (κ1) is 14.2. The van der Waals surface area contributed by atoms with Crippen LogP contribution in [0.2, 0.25) is 0 Å². The van der Waals surface area contributed by atoms with E-state index in [0.717, 1.165) is 29.2 Å². The third-order valence-corrected chi connectivity index (χ3v) is 2.88. The van der Waals surface area contributed by atoms with E-state index in [9.17, 15) is 0 Å². The molecule has 0 radical (unpaired) electrons. The highest BCUT2D eigenvalue weighted by Gasteiger charge is 2.10. The Morgan fingerprint density at radius 1 is 1.29 bits per heavy atom. The second kappa shape index (κ2) is 8.25. The summed E-state index contributed by atoms with van der Waals surface area (Å²) >= 11 is 1.77. The topological polar surface area (TPSA) is 44.5 Å². The summed E-state index contributed by atoms with van der Waals surface area (Å²) in [6.45, 7) is 3.93. The molecule has 17 heavy (non-hydrogen) atoms. The number of hydrogen-bond donors (Lipinski definition) is 1. The lowest BCUT2D eigenvalue weighted by molar-refractivity contribution is 0.287. The molecule has 1 aromatic carbocycles. The number of thioether (sulfide) groups is 1. The zero-order chi connectivity index (χ0) is 12.5. The van der Waals surface area contributed by atoms with Gasteiger partial charge in [0.2, 0.25) is 0 Å². The van der Waals surface area contributed by atoms with Crippen molar-refractivity contribution < 1.29 is 9.47 Å². The Labute approximate surface area is 108 Å². The summed E-state index contributed by atoms with van der Waals surface area (Å²) in [6, 6.07) is 5.97. The smallest absolute Gasteiger partial charge is 0.164 e. The minimum absolute atomic E-state index is 0.620. The summed E-state index contributed by atoms with van der Waals surface area (Å²) in [5.41, 5.74) is 6.73. The largest absolute Gasteiger partial charge is 0.490 e. The third-order valence-electron chi connectivity index (χ3n) is 2.31. The van der Waals surface area contributed by atoms with E-state index in [0.29, 0.717) is 19.8 Å². The van der Waals surface area contributed by atoms with Gasteiger partial charge in [-0.3, -0.25) is 0 Å². The Morgan fingerprint density at radius 3 is 2.76 bits per heavy atom. The molecule has 4 heteroatoms. The number of para-hydroxylation sites is 1. The highest BCUT2D eigenvalue weighted by Crippen LogP contribution is 2.31. The Bertz CT molecular complexity index is 307. The fraction of sp³-hybridized carbons (Fsp3) is 0.538. The van der Waals surface area contributed by atoms with Crippen molar-refractivity contribution in [2.45, 2.75) is 13.3 Å². The van der Waals surface area contributed by atoms with E-state index in [4.69, 9.17) is 15.2 Å². The quantitative estimate of drug-likeness (QED) is 0.724. The maximum Gasteiger partial charge on any atom is 0.164 e. The van der Waals surface area contributed by atoms with Crippen molar-refractivity contribution in [1.82, 2.24) is 0 Å². The highest BCUT2D eigenvalue weighted by atomic mass is 32.2. The van der Waals surface area contributed by atoms with Gasteiger partial charge in [-0.15, -0.1) is 0 Å². The van der Waals surface area contributed by atoms with E-state index in [1.165, 1.54) is 0 Å². The second-order valence-electron chi connectivity index (χ2n) is 3.56. The normalized spacial score (nSPS) is 10.3. The predicted octanol–water partition coefficient (Wildman–Crippen LogP) is 2.33. The summed E-state index contributed by atoms with van der Waals surface area (Å²) < 4.78 is 11.4. The first-order valence-corrected chi connectivity index (χ1v) is 7.29. The van der Waals surface area contributed by atoms with Crippen LogP contribution < -0.4 is 15.2 Å². The van der Waals surface area contributed by atoms with E-state index in [-0.39, 0.29) is 0 Å². The van der Waals surface area contributed by atoms with Gasteiger partial charge in [-0.1, -0.05) is 12.1 Å². The van der Waals surface area contributed by atoms with Crippen molar-refractivity contribution in [2.75, 3.05) is 31.8 Å². The molecule has 1 rings (SSSR count). The molecule has 0 aromatic heterocycles. The fourth-order valence-corrected chi connectivity index (χ4v) is 1.82. The van der Waals surface area contributed by atoms with Crippen molar-refractivity contribution in [2.24, 2.45) is 5.73 Å². The fourth-order valence-electron chi connectivity index (χ4n) is 1.57. The van der Waals surface area contributed by atoms with Crippen molar-refractivity contribution in [3.63, 3.8) is 0 Å². The van der Waals surface area contributed by atoms with Gasteiger partial charge in [0.05, 0.1) is 13.2 Å². The molecule has 0 aliphatic heterocycles. The molecular formula is C13H21NO2S. The predicted molar refractivity (Wildman–Crippen MR) is 74.2 cm³/mol. The van der Waals surface area contributed by atoms with Gasteiger partial charge in [-0.05, 0) is 37.8 Å². The number of benzene rings is 1.